The maximum absolute atomic E-state index is 12.1. The molecule has 1 amide bonds. The number of amides is 1. The Morgan fingerprint density at radius 3 is 2.77 bits per heavy atom. The first-order valence-electron chi connectivity index (χ1n) is 6.69. The van der Waals surface area contributed by atoms with Crippen LogP contribution in [0.2, 0.25) is 0 Å². The maximum atomic E-state index is 12.1. The van der Waals surface area contributed by atoms with Gasteiger partial charge >= 0.3 is 5.97 Å². The Balaban J connectivity index is 2.03. The summed E-state index contributed by atoms with van der Waals surface area (Å²) in [6, 6.07) is 7.18. The Kier molecular flexibility index (Phi) is 5.68. The molecular formula is C15H15BrN2O3S. The molecule has 0 saturated carbocycles. The van der Waals surface area contributed by atoms with E-state index in [2.05, 4.69) is 26.2 Å². The van der Waals surface area contributed by atoms with Crippen LogP contribution in [0.1, 0.15) is 37.7 Å². The third kappa shape index (κ3) is 3.92. The molecular weight excluding hydrogens is 368 g/mol. The van der Waals surface area contributed by atoms with Crippen LogP contribution >= 0.6 is 27.3 Å². The minimum atomic E-state index is -0.374. The van der Waals surface area contributed by atoms with Gasteiger partial charge in [-0.25, -0.2) is 9.78 Å². The lowest BCUT2D eigenvalue weighted by Crippen LogP contribution is -2.23. The van der Waals surface area contributed by atoms with Crippen molar-refractivity contribution in [2.75, 3.05) is 6.61 Å². The Bertz CT molecular complexity index is 700. The molecule has 0 aliphatic carbocycles. The summed E-state index contributed by atoms with van der Waals surface area (Å²) in [5.41, 5.74) is 1.18. The van der Waals surface area contributed by atoms with Crippen LogP contribution in [-0.4, -0.2) is 23.5 Å². The number of nitrogens with zero attached hydrogens (tertiary/aromatic N) is 1. The fourth-order valence-electron chi connectivity index (χ4n) is 1.81. The van der Waals surface area contributed by atoms with Crippen LogP contribution in [0.25, 0.3) is 0 Å². The summed E-state index contributed by atoms with van der Waals surface area (Å²) in [4.78, 5) is 28.6. The number of rotatable bonds is 5. The zero-order valence-corrected chi connectivity index (χ0v) is 14.6. The molecule has 5 nitrogen and oxygen atoms in total. The highest BCUT2D eigenvalue weighted by molar-refractivity contribution is 9.10. The van der Waals surface area contributed by atoms with Crippen molar-refractivity contribution in [2.45, 2.75) is 20.4 Å². The van der Waals surface area contributed by atoms with Crippen LogP contribution in [0.15, 0.2) is 28.7 Å². The van der Waals surface area contributed by atoms with Crippen LogP contribution in [-0.2, 0) is 11.3 Å². The lowest BCUT2D eigenvalue weighted by Gasteiger charge is -2.04. The summed E-state index contributed by atoms with van der Waals surface area (Å²) in [7, 11) is 0. The summed E-state index contributed by atoms with van der Waals surface area (Å²) in [6.07, 6.45) is 0. The molecule has 1 N–H and O–H groups in total. The van der Waals surface area contributed by atoms with Gasteiger partial charge in [-0.2, -0.15) is 0 Å². The summed E-state index contributed by atoms with van der Waals surface area (Å²) in [6.45, 7) is 4.10. The maximum Gasteiger partial charge on any atom is 0.350 e. The van der Waals surface area contributed by atoms with E-state index in [4.69, 9.17) is 4.74 Å². The lowest BCUT2D eigenvalue weighted by molar-refractivity contribution is 0.0531. The van der Waals surface area contributed by atoms with E-state index in [1.165, 1.54) is 11.3 Å². The fraction of sp³-hybridized carbons (Fsp3) is 0.267. The van der Waals surface area contributed by atoms with E-state index >= 15 is 0 Å². The molecule has 0 aliphatic heterocycles. The molecule has 116 valence electrons. The molecule has 0 atom stereocenters. The minimum Gasteiger partial charge on any atom is -0.462 e. The number of ether oxygens (including phenoxy) is 1. The van der Waals surface area contributed by atoms with Gasteiger partial charge in [-0.1, -0.05) is 12.1 Å². The van der Waals surface area contributed by atoms with Crippen molar-refractivity contribution < 1.29 is 14.3 Å². The van der Waals surface area contributed by atoms with E-state index in [1.54, 1.807) is 32.0 Å². The zero-order chi connectivity index (χ0) is 16.1. The summed E-state index contributed by atoms with van der Waals surface area (Å²) in [5.74, 6) is -0.570. The number of carbonyl (C=O) groups excluding carboxylic acids is 2. The van der Waals surface area contributed by atoms with E-state index in [1.807, 2.05) is 6.07 Å². The number of hydrogen-bond donors (Lipinski definition) is 1. The van der Waals surface area contributed by atoms with Crippen LogP contribution in [0.4, 0.5) is 0 Å². The van der Waals surface area contributed by atoms with Crippen LogP contribution in [0.3, 0.4) is 0 Å². The molecule has 0 fully saturated rings. The van der Waals surface area contributed by atoms with E-state index in [-0.39, 0.29) is 18.4 Å². The highest BCUT2D eigenvalue weighted by atomic mass is 79.9. The molecule has 0 spiro atoms. The average Bonchev–Trinajstić information content (AvgIpc) is 2.87. The second-order valence-corrected chi connectivity index (χ2v) is 6.34. The SMILES string of the molecule is CCOC(=O)c1sc(CNC(=O)c2ccccc2Br)nc1C. The van der Waals surface area contributed by atoms with Crippen molar-refractivity contribution in [3.05, 3.63) is 49.9 Å². The van der Waals surface area contributed by atoms with E-state index in [9.17, 15) is 9.59 Å². The van der Waals surface area contributed by atoms with Gasteiger partial charge in [0.25, 0.3) is 5.91 Å². The highest BCUT2D eigenvalue weighted by Crippen LogP contribution is 2.20. The van der Waals surface area contributed by atoms with Gasteiger partial charge in [-0.05, 0) is 41.9 Å². The fourth-order valence-corrected chi connectivity index (χ4v) is 3.17. The first kappa shape index (κ1) is 16.6. The monoisotopic (exact) mass is 382 g/mol. The second kappa shape index (κ2) is 7.51. The quantitative estimate of drug-likeness (QED) is 0.805. The van der Waals surface area contributed by atoms with Gasteiger partial charge in [0, 0.05) is 4.47 Å². The van der Waals surface area contributed by atoms with Crippen molar-refractivity contribution in [1.29, 1.82) is 0 Å². The second-order valence-electron chi connectivity index (χ2n) is 4.41. The smallest absolute Gasteiger partial charge is 0.350 e. The number of aromatic nitrogens is 1. The number of halogens is 1. The lowest BCUT2D eigenvalue weighted by atomic mass is 10.2. The molecule has 2 rings (SSSR count). The van der Waals surface area contributed by atoms with E-state index < -0.39 is 0 Å². The first-order chi connectivity index (χ1) is 10.5. The Morgan fingerprint density at radius 1 is 1.36 bits per heavy atom. The molecule has 0 aliphatic rings. The van der Waals surface area contributed by atoms with Gasteiger partial charge in [-0.15, -0.1) is 11.3 Å². The average molecular weight is 383 g/mol. The van der Waals surface area contributed by atoms with Crippen molar-refractivity contribution in [1.82, 2.24) is 10.3 Å². The molecule has 22 heavy (non-hydrogen) atoms. The van der Waals surface area contributed by atoms with Gasteiger partial charge in [0.15, 0.2) is 0 Å². The molecule has 0 radical (unpaired) electrons. The first-order valence-corrected chi connectivity index (χ1v) is 8.30. The highest BCUT2D eigenvalue weighted by Gasteiger charge is 2.17. The molecule has 1 heterocycles. The van der Waals surface area contributed by atoms with E-state index in [0.29, 0.717) is 27.7 Å². The van der Waals surface area contributed by atoms with Crippen LogP contribution in [0, 0.1) is 6.92 Å². The molecule has 0 bridgehead atoms. The van der Waals surface area contributed by atoms with Crippen molar-refractivity contribution in [3.8, 4) is 0 Å². The van der Waals surface area contributed by atoms with Gasteiger partial charge < -0.3 is 10.1 Å². The Labute approximate surface area is 140 Å². The van der Waals surface area contributed by atoms with Crippen LogP contribution in [0.5, 0.6) is 0 Å². The number of benzene rings is 1. The number of aryl methyl sites for hydroxylation is 1. The van der Waals surface area contributed by atoms with Crippen molar-refractivity contribution in [3.63, 3.8) is 0 Å². The van der Waals surface area contributed by atoms with Gasteiger partial charge in [0.05, 0.1) is 24.4 Å². The Hall–Kier alpha value is -1.73. The topological polar surface area (TPSA) is 68.3 Å². The predicted octanol–water partition coefficient (Wildman–Crippen LogP) is 3.32. The number of carbonyl (C=O) groups is 2. The predicted molar refractivity (Wildman–Crippen MR) is 88.1 cm³/mol. The minimum absolute atomic E-state index is 0.196. The standard InChI is InChI=1S/C15H15BrN2O3S/c1-3-21-15(20)13-9(2)18-12(22-13)8-17-14(19)10-6-4-5-7-11(10)16/h4-7H,3,8H2,1-2H3,(H,17,19). The number of esters is 1. The molecule has 1 aromatic carbocycles. The number of thiazole rings is 1. The molecule has 0 unspecified atom stereocenters. The van der Waals surface area contributed by atoms with Crippen LogP contribution < -0.4 is 5.32 Å². The third-order valence-electron chi connectivity index (χ3n) is 2.82. The summed E-state index contributed by atoms with van der Waals surface area (Å²) < 4.78 is 5.70. The number of nitrogens with one attached hydrogen (secondary N) is 1. The summed E-state index contributed by atoms with van der Waals surface area (Å²) in [5, 5.41) is 3.46. The van der Waals surface area contributed by atoms with Gasteiger partial charge in [0.1, 0.15) is 9.88 Å². The number of hydrogen-bond acceptors (Lipinski definition) is 5. The van der Waals surface area contributed by atoms with Crippen molar-refractivity contribution in [2.24, 2.45) is 0 Å². The van der Waals surface area contributed by atoms with Crippen molar-refractivity contribution >= 4 is 39.1 Å². The summed E-state index contributed by atoms with van der Waals surface area (Å²) >= 11 is 4.58. The molecule has 1 aromatic heterocycles. The van der Waals surface area contributed by atoms with Gasteiger partial charge in [-0.3, -0.25) is 4.79 Å². The zero-order valence-electron chi connectivity index (χ0n) is 12.2. The largest absolute Gasteiger partial charge is 0.462 e. The molecule has 7 heteroatoms. The Morgan fingerprint density at radius 2 is 2.09 bits per heavy atom. The van der Waals surface area contributed by atoms with E-state index in [0.717, 1.165) is 4.47 Å². The van der Waals surface area contributed by atoms with Gasteiger partial charge in [0.2, 0.25) is 0 Å². The normalized spacial score (nSPS) is 10.3. The third-order valence-corrected chi connectivity index (χ3v) is 4.65. The molecule has 0 saturated heterocycles. The molecule has 2 aromatic rings.